The van der Waals surface area contributed by atoms with Crippen molar-refractivity contribution in [3.05, 3.63) is 34.9 Å². The van der Waals surface area contributed by atoms with Crippen LogP contribution in [0, 0.1) is 5.92 Å². The summed E-state index contributed by atoms with van der Waals surface area (Å²) in [6, 6.07) is 8.05. The molecule has 3 rings (SSSR count). The molecule has 2 fully saturated rings. The van der Waals surface area contributed by atoms with E-state index in [0.29, 0.717) is 12.5 Å². The first-order valence-electron chi connectivity index (χ1n) is 10.3. The van der Waals surface area contributed by atoms with Gasteiger partial charge in [-0.1, -0.05) is 23.7 Å². The van der Waals surface area contributed by atoms with E-state index in [2.05, 4.69) is 21.2 Å². The zero-order valence-corrected chi connectivity index (χ0v) is 19.7. The van der Waals surface area contributed by atoms with Gasteiger partial charge >= 0.3 is 0 Å². The van der Waals surface area contributed by atoms with Gasteiger partial charge < -0.3 is 10.2 Å². The summed E-state index contributed by atoms with van der Waals surface area (Å²) in [7, 11) is 2.02. The van der Waals surface area contributed by atoms with Gasteiger partial charge in [0.25, 0.3) is 0 Å². The molecule has 0 atom stereocenters. The lowest BCUT2D eigenvalue weighted by Gasteiger charge is -2.37. The fourth-order valence-electron chi connectivity index (χ4n) is 4.12. The Morgan fingerprint density at radius 2 is 1.76 bits per heavy atom. The van der Waals surface area contributed by atoms with E-state index in [1.165, 1.54) is 24.8 Å². The normalized spacial score (nSPS) is 18.8. The highest BCUT2D eigenvalue weighted by molar-refractivity contribution is 6.30. The number of amides is 1. The molecule has 5 nitrogen and oxygen atoms in total. The van der Waals surface area contributed by atoms with E-state index >= 15 is 0 Å². The van der Waals surface area contributed by atoms with Crippen molar-refractivity contribution in [2.24, 2.45) is 5.92 Å². The van der Waals surface area contributed by atoms with E-state index in [-0.39, 0.29) is 24.8 Å². The predicted molar refractivity (Wildman–Crippen MR) is 126 cm³/mol. The number of nitrogens with zero attached hydrogens (tertiary/aromatic N) is 3. The number of hydrogen-bond acceptors (Lipinski definition) is 4. The molecule has 0 saturated carbocycles. The molecule has 166 valence electrons. The van der Waals surface area contributed by atoms with Gasteiger partial charge in [-0.2, -0.15) is 0 Å². The maximum atomic E-state index is 12.7. The Kier molecular flexibility index (Phi) is 12.5. The van der Waals surface area contributed by atoms with Crippen molar-refractivity contribution >= 4 is 42.3 Å². The monoisotopic (exact) mass is 464 g/mol. The van der Waals surface area contributed by atoms with Crippen LogP contribution in [-0.2, 0) is 11.3 Å². The first-order chi connectivity index (χ1) is 13.1. The van der Waals surface area contributed by atoms with E-state index in [1.54, 1.807) is 0 Å². The maximum absolute atomic E-state index is 12.7. The molecule has 0 spiro atoms. The molecule has 0 radical (unpaired) electrons. The zero-order valence-electron chi connectivity index (χ0n) is 17.3. The zero-order chi connectivity index (χ0) is 19.1. The fraction of sp³-hybridized carbons (Fsp3) is 0.667. The van der Waals surface area contributed by atoms with Crippen LogP contribution < -0.4 is 5.32 Å². The summed E-state index contributed by atoms with van der Waals surface area (Å²) in [6.45, 7) is 8.26. The highest BCUT2D eigenvalue weighted by Gasteiger charge is 2.25. The minimum absolute atomic E-state index is 0. The van der Waals surface area contributed by atoms with Crippen LogP contribution in [0.2, 0.25) is 5.02 Å². The van der Waals surface area contributed by atoms with Crippen molar-refractivity contribution in [1.29, 1.82) is 0 Å². The standard InChI is InChI=1S/C21H33ClN4O.2ClH/c1-23-8-5-18-6-9-24(10-7-18)17-21(27)26-13-11-25(12-14-26)16-19-3-2-4-20(22)15-19;;/h2-4,15,18,23H,5-14,16-17H2,1H3;2*1H. The van der Waals surface area contributed by atoms with Gasteiger partial charge in [-0.15, -0.1) is 24.8 Å². The number of nitrogens with one attached hydrogen (secondary N) is 1. The Hall–Kier alpha value is -0.560. The molecule has 1 aromatic carbocycles. The number of hydrogen-bond donors (Lipinski definition) is 1. The average Bonchev–Trinajstić information content (AvgIpc) is 2.68. The van der Waals surface area contributed by atoms with E-state index in [9.17, 15) is 4.79 Å². The number of piperidine rings is 1. The van der Waals surface area contributed by atoms with Crippen molar-refractivity contribution in [3.8, 4) is 0 Å². The molecule has 0 aliphatic carbocycles. The summed E-state index contributed by atoms with van der Waals surface area (Å²) in [6.07, 6.45) is 3.71. The highest BCUT2D eigenvalue weighted by Crippen LogP contribution is 2.20. The lowest BCUT2D eigenvalue weighted by Crippen LogP contribution is -2.51. The summed E-state index contributed by atoms with van der Waals surface area (Å²) in [5.41, 5.74) is 1.24. The summed E-state index contributed by atoms with van der Waals surface area (Å²) in [5.74, 6) is 1.12. The van der Waals surface area contributed by atoms with Crippen LogP contribution >= 0.6 is 36.4 Å². The highest BCUT2D eigenvalue weighted by atomic mass is 35.5. The minimum Gasteiger partial charge on any atom is -0.339 e. The molecule has 2 heterocycles. The molecule has 0 aromatic heterocycles. The first kappa shape index (κ1) is 26.5. The lowest BCUT2D eigenvalue weighted by atomic mass is 9.93. The molecular formula is C21H35Cl3N4O. The molecule has 0 unspecified atom stereocenters. The smallest absolute Gasteiger partial charge is 0.236 e. The van der Waals surface area contributed by atoms with Crippen molar-refractivity contribution in [1.82, 2.24) is 20.0 Å². The van der Waals surface area contributed by atoms with Gasteiger partial charge in [0.1, 0.15) is 0 Å². The van der Waals surface area contributed by atoms with Gasteiger partial charge in [0.05, 0.1) is 6.54 Å². The van der Waals surface area contributed by atoms with Gasteiger partial charge in [-0.3, -0.25) is 14.6 Å². The van der Waals surface area contributed by atoms with Crippen LogP contribution in [0.3, 0.4) is 0 Å². The Bertz CT molecular complexity index is 603. The lowest BCUT2D eigenvalue weighted by molar-refractivity contribution is -0.134. The molecular weight excluding hydrogens is 431 g/mol. The van der Waals surface area contributed by atoms with Crippen LogP contribution in [0.15, 0.2) is 24.3 Å². The molecule has 2 aliphatic heterocycles. The second-order valence-corrected chi connectivity index (χ2v) is 8.34. The van der Waals surface area contributed by atoms with E-state index in [1.807, 2.05) is 30.1 Å². The fourth-order valence-corrected chi connectivity index (χ4v) is 4.33. The number of benzene rings is 1. The van der Waals surface area contributed by atoms with Gasteiger partial charge in [0.2, 0.25) is 5.91 Å². The number of carbonyl (C=O) groups excluding carboxylic acids is 1. The number of piperazine rings is 1. The van der Waals surface area contributed by atoms with Crippen LogP contribution in [0.4, 0.5) is 0 Å². The van der Waals surface area contributed by atoms with Gasteiger partial charge in [0.15, 0.2) is 0 Å². The summed E-state index contributed by atoms with van der Waals surface area (Å²) in [5, 5.41) is 4.03. The van der Waals surface area contributed by atoms with Gasteiger partial charge in [-0.25, -0.2) is 0 Å². The van der Waals surface area contributed by atoms with Crippen molar-refractivity contribution in [2.45, 2.75) is 25.8 Å². The summed E-state index contributed by atoms with van der Waals surface area (Å²) in [4.78, 5) is 19.5. The predicted octanol–water partition coefficient (Wildman–Crippen LogP) is 3.15. The Balaban J connectivity index is 0.00000210. The molecule has 0 bridgehead atoms. The minimum atomic E-state index is 0. The van der Waals surface area contributed by atoms with E-state index in [4.69, 9.17) is 11.6 Å². The van der Waals surface area contributed by atoms with E-state index < -0.39 is 0 Å². The molecule has 2 aliphatic rings. The number of carbonyl (C=O) groups is 1. The van der Waals surface area contributed by atoms with E-state index in [0.717, 1.165) is 63.3 Å². The van der Waals surface area contributed by atoms with Crippen LogP contribution in [0.5, 0.6) is 0 Å². The first-order valence-corrected chi connectivity index (χ1v) is 10.6. The van der Waals surface area contributed by atoms with Crippen molar-refractivity contribution < 1.29 is 4.79 Å². The van der Waals surface area contributed by atoms with Gasteiger partial charge in [-0.05, 0) is 69.6 Å². The molecule has 1 amide bonds. The Morgan fingerprint density at radius 1 is 1.07 bits per heavy atom. The SMILES string of the molecule is CNCCC1CCN(CC(=O)N2CCN(Cc3cccc(Cl)c3)CC2)CC1.Cl.Cl. The number of halogens is 3. The number of rotatable bonds is 7. The second kappa shape index (κ2) is 13.7. The largest absolute Gasteiger partial charge is 0.339 e. The Morgan fingerprint density at radius 3 is 2.38 bits per heavy atom. The molecule has 29 heavy (non-hydrogen) atoms. The molecule has 1 N–H and O–H groups in total. The average molecular weight is 466 g/mol. The third kappa shape index (κ3) is 8.60. The van der Waals surface area contributed by atoms with Crippen LogP contribution in [-0.4, -0.2) is 80.0 Å². The van der Waals surface area contributed by atoms with Crippen molar-refractivity contribution in [3.63, 3.8) is 0 Å². The maximum Gasteiger partial charge on any atom is 0.236 e. The molecule has 2 saturated heterocycles. The van der Waals surface area contributed by atoms with Crippen molar-refractivity contribution in [2.75, 3.05) is 59.4 Å². The molecule has 8 heteroatoms. The third-order valence-electron chi connectivity index (χ3n) is 5.89. The van der Waals surface area contributed by atoms with Gasteiger partial charge in [0, 0.05) is 37.7 Å². The summed E-state index contributed by atoms with van der Waals surface area (Å²) < 4.78 is 0. The third-order valence-corrected chi connectivity index (χ3v) is 6.12. The Labute approximate surface area is 192 Å². The van der Waals surface area contributed by atoms with Crippen LogP contribution in [0.25, 0.3) is 0 Å². The molecule has 1 aromatic rings. The van der Waals surface area contributed by atoms with Crippen LogP contribution in [0.1, 0.15) is 24.8 Å². The summed E-state index contributed by atoms with van der Waals surface area (Å²) >= 11 is 6.07. The topological polar surface area (TPSA) is 38.8 Å². The number of likely N-dealkylation sites (tertiary alicyclic amines) is 1. The quantitative estimate of drug-likeness (QED) is 0.671. The second-order valence-electron chi connectivity index (χ2n) is 7.90.